The average molecular weight is 377 g/mol. The summed E-state index contributed by atoms with van der Waals surface area (Å²) < 4.78 is 10.6. The lowest BCUT2D eigenvalue weighted by Crippen LogP contribution is -2.31. The van der Waals surface area contributed by atoms with E-state index >= 15 is 0 Å². The van der Waals surface area contributed by atoms with E-state index in [1.165, 1.54) is 0 Å². The van der Waals surface area contributed by atoms with E-state index in [0.29, 0.717) is 29.6 Å². The van der Waals surface area contributed by atoms with Gasteiger partial charge in [0.25, 0.3) is 0 Å². The van der Waals surface area contributed by atoms with Crippen molar-refractivity contribution in [2.24, 2.45) is 0 Å². The van der Waals surface area contributed by atoms with Gasteiger partial charge in [0.2, 0.25) is 11.8 Å². The van der Waals surface area contributed by atoms with E-state index in [1.54, 1.807) is 49.6 Å². The van der Waals surface area contributed by atoms with Gasteiger partial charge in [-0.05, 0) is 48.9 Å². The van der Waals surface area contributed by atoms with Crippen LogP contribution in [0, 0.1) is 6.92 Å². The second-order valence-corrected chi connectivity index (χ2v) is 5.99. The molecule has 2 amide bonds. The number of ether oxygens (including phenoxy) is 2. The number of aryl methyl sites for hydroxylation is 1. The third-order valence-corrected chi connectivity index (χ3v) is 3.78. The van der Waals surface area contributed by atoms with Crippen molar-refractivity contribution in [3.05, 3.63) is 53.1 Å². The van der Waals surface area contributed by atoms with Crippen molar-refractivity contribution in [2.45, 2.75) is 13.3 Å². The van der Waals surface area contributed by atoms with Crippen LogP contribution < -0.4 is 20.1 Å². The van der Waals surface area contributed by atoms with E-state index in [0.717, 1.165) is 11.3 Å². The van der Waals surface area contributed by atoms with Gasteiger partial charge in [-0.25, -0.2) is 0 Å². The molecule has 0 bridgehead atoms. The standard InChI is InChI=1S/C19H21ClN2O4/c1-13-3-4-14(20)11-17(13)22-19(24)12-18(23)21-9-10-26-16-7-5-15(25-2)6-8-16/h3-8,11H,9-10,12H2,1-2H3,(H,21,23)(H,22,24). The Morgan fingerprint density at radius 3 is 2.42 bits per heavy atom. The van der Waals surface area contributed by atoms with E-state index in [1.807, 2.05) is 6.92 Å². The summed E-state index contributed by atoms with van der Waals surface area (Å²) in [5.74, 6) is 0.644. The van der Waals surface area contributed by atoms with E-state index in [4.69, 9.17) is 21.1 Å². The fourth-order valence-corrected chi connectivity index (χ4v) is 2.34. The number of anilines is 1. The summed E-state index contributed by atoms with van der Waals surface area (Å²) >= 11 is 5.91. The van der Waals surface area contributed by atoms with Gasteiger partial charge in [0, 0.05) is 10.7 Å². The molecular weight excluding hydrogens is 356 g/mol. The Morgan fingerprint density at radius 2 is 1.73 bits per heavy atom. The first-order valence-corrected chi connectivity index (χ1v) is 8.45. The number of amides is 2. The number of benzene rings is 2. The molecule has 2 aromatic carbocycles. The molecule has 0 radical (unpaired) electrons. The molecule has 138 valence electrons. The molecule has 7 heteroatoms. The van der Waals surface area contributed by atoms with Crippen molar-refractivity contribution < 1.29 is 19.1 Å². The molecular formula is C19H21ClN2O4. The first-order chi connectivity index (χ1) is 12.5. The van der Waals surface area contributed by atoms with Gasteiger partial charge in [-0.15, -0.1) is 0 Å². The third kappa shape index (κ3) is 6.29. The lowest BCUT2D eigenvalue weighted by atomic mass is 10.2. The summed E-state index contributed by atoms with van der Waals surface area (Å²) in [5.41, 5.74) is 1.47. The summed E-state index contributed by atoms with van der Waals surface area (Å²) in [5, 5.41) is 5.84. The van der Waals surface area contributed by atoms with Crippen molar-refractivity contribution >= 4 is 29.1 Å². The highest BCUT2D eigenvalue weighted by molar-refractivity contribution is 6.31. The van der Waals surface area contributed by atoms with Gasteiger partial charge in [-0.3, -0.25) is 9.59 Å². The average Bonchev–Trinajstić information content (AvgIpc) is 2.62. The maximum absolute atomic E-state index is 11.9. The zero-order valence-corrected chi connectivity index (χ0v) is 15.4. The first kappa shape index (κ1) is 19.6. The molecule has 2 rings (SSSR count). The minimum atomic E-state index is -0.399. The smallest absolute Gasteiger partial charge is 0.233 e. The predicted octanol–water partition coefficient (Wildman–Crippen LogP) is 3.18. The summed E-state index contributed by atoms with van der Waals surface area (Å²) in [6.45, 7) is 2.45. The van der Waals surface area contributed by atoms with Crippen LogP contribution >= 0.6 is 11.6 Å². The number of methoxy groups -OCH3 is 1. The van der Waals surface area contributed by atoms with Crippen LogP contribution in [0.25, 0.3) is 0 Å². The SMILES string of the molecule is COc1ccc(OCCNC(=O)CC(=O)Nc2cc(Cl)ccc2C)cc1. The summed E-state index contributed by atoms with van der Waals surface area (Å²) in [7, 11) is 1.59. The minimum absolute atomic E-state index is 0.269. The molecule has 0 unspecified atom stereocenters. The van der Waals surface area contributed by atoms with Crippen LogP contribution in [-0.2, 0) is 9.59 Å². The van der Waals surface area contributed by atoms with Crippen molar-refractivity contribution in [2.75, 3.05) is 25.6 Å². The Morgan fingerprint density at radius 1 is 1.04 bits per heavy atom. The molecule has 0 heterocycles. The van der Waals surface area contributed by atoms with Crippen LogP contribution in [0.3, 0.4) is 0 Å². The van der Waals surface area contributed by atoms with E-state index in [-0.39, 0.29) is 12.3 Å². The number of carbonyl (C=O) groups excluding carboxylic acids is 2. The highest BCUT2D eigenvalue weighted by Gasteiger charge is 2.10. The van der Waals surface area contributed by atoms with Crippen LogP contribution in [0.5, 0.6) is 11.5 Å². The maximum atomic E-state index is 11.9. The quantitative estimate of drug-likeness (QED) is 0.548. The maximum Gasteiger partial charge on any atom is 0.233 e. The second kappa shape index (κ2) is 9.68. The molecule has 0 spiro atoms. The molecule has 0 aliphatic heterocycles. The molecule has 26 heavy (non-hydrogen) atoms. The zero-order chi connectivity index (χ0) is 18.9. The van der Waals surface area contributed by atoms with Gasteiger partial charge < -0.3 is 20.1 Å². The Bertz CT molecular complexity index is 763. The summed E-state index contributed by atoms with van der Waals surface area (Å²) in [4.78, 5) is 23.8. The van der Waals surface area contributed by atoms with Gasteiger partial charge in [-0.1, -0.05) is 17.7 Å². The van der Waals surface area contributed by atoms with Crippen LogP contribution in [0.1, 0.15) is 12.0 Å². The molecule has 2 N–H and O–H groups in total. The molecule has 0 aliphatic carbocycles. The number of carbonyl (C=O) groups is 2. The molecule has 0 saturated heterocycles. The van der Waals surface area contributed by atoms with Crippen molar-refractivity contribution in [3.8, 4) is 11.5 Å². The highest BCUT2D eigenvalue weighted by Crippen LogP contribution is 2.20. The lowest BCUT2D eigenvalue weighted by Gasteiger charge is -2.10. The predicted molar refractivity (Wildman–Crippen MR) is 101 cm³/mol. The number of rotatable bonds is 8. The first-order valence-electron chi connectivity index (χ1n) is 8.07. The molecule has 0 aliphatic rings. The number of hydrogen-bond acceptors (Lipinski definition) is 4. The largest absolute Gasteiger partial charge is 0.497 e. The molecule has 0 aromatic heterocycles. The second-order valence-electron chi connectivity index (χ2n) is 5.56. The van der Waals surface area contributed by atoms with Gasteiger partial charge in [-0.2, -0.15) is 0 Å². The summed E-state index contributed by atoms with van der Waals surface area (Å²) in [6, 6.07) is 12.3. The molecule has 2 aromatic rings. The van der Waals surface area contributed by atoms with Crippen molar-refractivity contribution in [3.63, 3.8) is 0 Å². The van der Waals surface area contributed by atoms with Crippen LogP contribution in [-0.4, -0.2) is 32.1 Å². The van der Waals surface area contributed by atoms with E-state index in [9.17, 15) is 9.59 Å². The fourth-order valence-electron chi connectivity index (χ4n) is 2.16. The van der Waals surface area contributed by atoms with Crippen LogP contribution in [0.2, 0.25) is 5.02 Å². The number of halogens is 1. The zero-order valence-electron chi connectivity index (χ0n) is 14.7. The number of nitrogens with one attached hydrogen (secondary N) is 2. The fraction of sp³-hybridized carbons (Fsp3) is 0.263. The molecule has 0 atom stereocenters. The molecule has 0 fully saturated rings. The highest BCUT2D eigenvalue weighted by atomic mass is 35.5. The molecule has 6 nitrogen and oxygen atoms in total. The third-order valence-electron chi connectivity index (χ3n) is 3.55. The Balaban J connectivity index is 1.69. The molecule has 0 saturated carbocycles. The Hall–Kier alpha value is -2.73. The van der Waals surface area contributed by atoms with Gasteiger partial charge in [0.15, 0.2) is 0 Å². The Labute approximate surface area is 157 Å². The van der Waals surface area contributed by atoms with Crippen LogP contribution in [0.15, 0.2) is 42.5 Å². The van der Waals surface area contributed by atoms with E-state index in [2.05, 4.69) is 10.6 Å². The van der Waals surface area contributed by atoms with E-state index < -0.39 is 5.91 Å². The Kier molecular flexibility index (Phi) is 7.29. The van der Waals surface area contributed by atoms with Crippen LogP contribution in [0.4, 0.5) is 5.69 Å². The lowest BCUT2D eigenvalue weighted by molar-refractivity contribution is -0.126. The minimum Gasteiger partial charge on any atom is -0.497 e. The monoisotopic (exact) mass is 376 g/mol. The van der Waals surface area contributed by atoms with Crippen molar-refractivity contribution in [1.29, 1.82) is 0 Å². The normalized spacial score (nSPS) is 10.1. The summed E-state index contributed by atoms with van der Waals surface area (Å²) in [6.07, 6.45) is -0.269. The van der Waals surface area contributed by atoms with Gasteiger partial charge >= 0.3 is 0 Å². The van der Waals surface area contributed by atoms with Gasteiger partial charge in [0.05, 0.1) is 13.7 Å². The van der Waals surface area contributed by atoms with Gasteiger partial charge in [0.1, 0.15) is 24.5 Å². The van der Waals surface area contributed by atoms with Crippen molar-refractivity contribution in [1.82, 2.24) is 5.32 Å². The topological polar surface area (TPSA) is 76.7 Å². The number of hydrogen-bond donors (Lipinski definition) is 2.